The molecule has 3 saturated heterocycles. The van der Waals surface area contributed by atoms with Crippen molar-refractivity contribution < 1.29 is 19.5 Å². The Morgan fingerprint density at radius 1 is 1.24 bits per heavy atom. The fraction of sp³-hybridized carbons (Fsp3) is 0.536. The number of hydrogen-bond donors (Lipinski definition) is 1. The van der Waals surface area contributed by atoms with Gasteiger partial charge in [-0.3, -0.25) is 14.4 Å². The number of fused-ring (bicyclic) bond motifs is 1. The SMILES string of the molecule is C=CCN(C)C(=O)[C@H]1[C@H]2C(=O)N(CCCO)C(C(=O)N(CC=C)c3cc(C)ccc3C)C23CC(Br)[C@@H]1S3. The van der Waals surface area contributed by atoms with E-state index in [1.54, 1.807) is 45.7 Å². The van der Waals surface area contributed by atoms with E-state index >= 15 is 0 Å². The Kier molecular flexibility index (Phi) is 8.26. The summed E-state index contributed by atoms with van der Waals surface area (Å²) >= 11 is 5.43. The van der Waals surface area contributed by atoms with E-state index in [1.165, 1.54) is 0 Å². The smallest absolute Gasteiger partial charge is 0.251 e. The minimum atomic E-state index is -0.742. The van der Waals surface area contributed by atoms with Crippen molar-refractivity contribution in [1.29, 1.82) is 0 Å². The van der Waals surface area contributed by atoms with Crippen LogP contribution in [0.25, 0.3) is 0 Å². The highest BCUT2D eigenvalue weighted by Gasteiger charge is 2.75. The summed E-state index contributed by atoms with van der Waals surface area (Å²) in [5.74, 6) is -1.53. The predicted octanol–water partition coefficient (Wildman–Crippen LogP) is 3.31. The maximum Gasteiger partial charge on any atom is 0.251 e. The number of aliphatic hydroxyl groups excluding tert-OH is 1. The van der Waals surface area contributed by atoms with Crippen molar-refractivity contribution >= 4 is 51.1 Å². The van der Waals surface area contributed by atoms with Gasteiger partial charge in [0.15, 0.2) is 0 Å². The number of alkyl halides is 1. The summed E-state index contributed by atoms with van der Waals surface area (Å²) in [5, 5.41) is 9.49. The molecular formula is C28H36BrN3O4S. The van der Waals surface area contributed by atoms with Crippen LogP contribution >= 0.6 is 27.7 Å². The Bertz CT molecular complexity index is 1110. The number of aliphatic hydroxyl groups is 1. The fourth-order valence-electron chi connectivity index (χ4n) is 6.30. The van der Waals surface area contributed by atoms with Crippen LogP contribution in [0.5, 0.6) is 0 Å². The van der Waals surface area contributed by atoms with Crippen molar-refractivity contribution in [1.82, 2.24) is 9.80 Å². The second-order valence-electron chi connectivity index (χ2n) is 10.3. The molecule has 0 radical (unpaired) electrons. The molecule has 0 saturated carbocycles. The quantitative estimate of drug-likeness (QED) is 0.334. The Balaban J connectivity index is 1.81. The van der Waals surface area contributed by atoms with Gasteiger partial charge in [-0.15, -0.1) is 24.9 Å². The van der Waals surface area contributed by atoms with Crippen LogP contribution in [-0.4, -0.2) is 86.8 Å². The summed E-state index contributed by atoms with van der Waals surface area (Å²) in [4.78, 5) is 47.2. The molecule has 2 bridgehead atoms. The minimum Gasteiger partial charge on any atom is -0.396 e. The number of carbonyl (C=O) groups is 3. The average Bonchev–Trinajstić information content (AvgIpc) is 3.45. The molecule has 4 rings (SSSR count). The van der Waals surface area contributed by atoms with Gasteiger partial charge in [-0.1, -0.05) is 40.2 Å². The van der Waals surface area contributed by atoms with Gasteiger partial charge >= 0.3 is 0 Å². The largest absolute Gasteiger partial charge is 0.396 e. The first-order chi connectivity index (χ1) is 17.6. The first-order valence-corrected chi connectivity index (χ1v) is 14.5. The summed E-state index contributed by atoms with van der Waals surface area (Å²) in [6.45, 7) is 12.5. The fourth-order valence-corrected chi connectivity index (χ4v) is 9.90. The molecule has 0 aliphatic carbocycles. The molecule has 1 N–H and O–H groups in total. The molecule has 3 amide bonds. The summed E-state index contributed by atoms with van der Waals surface area (Å²) in [7, 11) is 1.73. The first-order valence-electron chi connectivity index (χ1n) is 12.7. The lowest BCUT2D eigenvalue weighted by molar-refractivity contribution is -0.143. The molecule has 3 aliphatic rings. The van der Waals surface area contributed by atoms with Crippen molar-refractivity contribution in [3.8, 4) is 0 Å². The maximum absolute atomic E-state index is 14.5. The molecule has 3 heterocycles. The summed E-state index contributed by atoms with van der Waals surface area (Å²) in [6.07, 6.45) is 4.36. The maximum atomic E-state index is 14.5. The van der Waals surface area contributed by atoms with Gasteiger partial charge in [0.2, 0.25) is 11.8 Å². The van der Waals surface area contributed by atoms with Crippen molar-refractivity contribution in [2.75, 3.05) is 38.2 Å². The lowest BCUT2D eigenvalue weighted by Gasteiger charge is -2.38. The van der Waals surface area contributed by atoms with Crippen LogP contribution in [0.2, 0.25) is 0 Å². The molecule has 3 unspecified atom stereocenters. The number of benzene rings is 1. The highest BCUT2D eigenvalue weighted by atomic mass is 79.9. The normalized spacial score (nSPS) is 29.8. The van der Waals surface area contributed by atoms with Crippen molar-refractivity contribution in [3.63, 3.8) is 0 Å². The molecule has 1 aromatic carbocycles. The molecular weight excluding hydrogens is 554 g/mol. The number of rotatable bonds is 10. The molecule has 37 heavy (non-hydrogen) atoms. The van der Waals surface area contributed by atoms with Crippen LogP contribution in [0.3, 0.4) is 0 Å². The van der Waals surface area contributed by atoms with E-state index in [0.29, 0.717) is 25.9 Å². The second-order valence-corrected chi connectivity index (χ2v) is 13.0. The number of carbonyl (C=O) groups excluding carboxylic acids is 3. The van der Waals surface area contributed by atoms with E-state index in [4.69, 9.17) is 0 Å². The minimum absolute atomic E-state index is 0.00860. The summed E-state index contributed by atoms with van der Waals surface area (Å²) in [6, 6.07) is 5.25. The third-order valence-electron chi connectivity index (χ3n) is 7.88. The van der Waals surface area contributed by atoms with Gasteiger partial charge in [-0.2, -0.15) is 0 Å². The zero-order valence-corrected chi connectivity index (χ0v) is 24.1. The summed E-state index contributed by atoms with van der Waals surface area (Å²) in [5.41, 5.74) is 2.79. The topological polar surface area (TPSA) is 81.2 Å². The van der Waals surface area contributed by atoms with Gasteiger partial charge in [0, 0.05) is 49.1 Å². The average molecular weight is 591 g/mol. The second kappa shape index (κ2) is 10.9. The monoisotopic (exact) mass is 589 g/mol. The Hall–Kier alpha value is -2.10. The molecule has 1 spiro atoms. The van der Waals surface area contributed by atoms with E-state index in [2.05, 4.69) is 29.1 Å². The van der Waals surface area contributed by atoms with Gasteiger partial charge in [-0.05, 0) is 43.9 Å². The van der Waals surface area contributed by atoms with E-state index < -0.39 is 22.6 Å². The highest BCUT2D eigenvalue weighted by Crippen LogP contribution is 2.68. The highest BCUT2D eigenvalue weighted by molar-refractivity contribution is 9.09. The van der Waals surface area contributed by atoms with Crippen LogP contribution in [0.15, 0.2) is 43.5 Å². The lowest BCUT2D eigenvalue weighted by Crippen LogP contribution is -2.56. The van der Waals surface area contributed by atoms with E-state index in [-0.39, 0.29) is 41.0 Å². The van der Waals surface area contributed by atoms with Gasteiger partial charge in [0.25, 0.3) is 5.91 Å². The Labute approximate surface area is 232 Å². The molecule has 3 fully saturated rings. The van der Waals surface area contributed by atoms with Crippen LogP contribution < -0.4 is 4.90 Å². The first kappa shape index (κ1) is 27.9. The number of halogens is 1. The number of anilines is 1. The molecule has 6 atom stereocenters. The van der Waals surface area contributed by atoms with E-state index in [0.717, 1.165) is 16.8 Å². The van der Waals surface area contributed by atoms with Gasteiger partial charge in [0.05, 0.1) is 16.6 Å². The lowest BCUT2D eigenvalue weighted by atomic mass is 9.70. The van der Waals surface area contributed by atoms with Crippen molar-refractivity contribution in [2.45, 2.75) is 47.6 Å². The molecule has 0 aromatic heterocycles. The zero-order chi connectivity index (χ0) is 27.1. The number of hydrogen-bond acceptors (Lipinski definition) is 5. The number of likely N-dealkylation sites (N-methyl/N-ethyl adjacent to an activating group) is 1. The van der Waals surface area contributed by atoms with Crippen LogP contribution in [0.1, 0.15) is 24.0 Å². The van der Waals surface area contributed by atoms with Crippen molar-refractivity contribution in [2.24, 2.45) is 11.8 Å². The molecule has 3 aliphatic heterocycles. The zero-order valence-electron chi connectivity index (χ0n) is 21.7. The Morgan fingerprint density at radius 3 is 2.59 bits per heavy atom. The number of nitrogens with zero attached hydrogens (tertiary/aromatic N) is 3. The molecule has 7 nitrogen and oxygen atoms in total. The summed E-state index contributed by atoms with van der Waals surface area (Å²) < 4.78 is -0.727. The molecule has 1 aromatic rings. The number of thioether (sulfide) groups is 1. The van der Waals surface area contributed by atoms with Gasteiger partial charge in [-0.25, -0.2) is 0 Å². The van der Waals surface area contributed by atoms with Crippen LogP contribution in [0, 0.1) is 25.7 Å². The number of amides is 3. The third-order valence-corrected chi connectivity index (χ3v) is 11.1. The number of likely N-dealkylation sites (tertiary alicyclic amines) is 1. The van der Waals surface area contributed by atoms with Crippen LogP contribution in [-0.2, 0) is 14.4 Å². The van der Waals surface area contributed by atoms with Crippen molar-refractivity contribution in [3.05, 3.63) is 54.6 Å². The third kappa shape index (κ3) is 4.57. The van der Waals surface area contributed by atoms with Crippen LogP contribution in [0.4, 0.5) is 5.69 Å². The van der Waals surface area contributed by atoms with Gasteiger partial charge < -0.3 is 19.8 Å². The Morgan fingerprint density at radius 2 is 1.95 bits per heavy atom. The number of aryl methyl sites for hydroxylation is 2. The van der Waals surface area contributed by atoms with Gasteiger partial charge in [0.1, 0.15) is 6.04 Å². The van der Waals surface area contributed by atoms with E-state index in [9.17, 15) is 19.5 Å². The van der Waals surface area contributed by atoms with E-state index in [1.807, 2.05) is 32.0 Å². The predicted molar refractivity (Wildman–Crippen MR) is 152 cm³/mol. The standard InChI is InChI=1S/C28H36BrN3O4S/c1-6-11-30(5)25(34)21-22-26(35)32(13-8-14-33)24(28(22)16-19(29)23(21)37-28)27(36)31(12-7-2)20-15-17(3)9-10-18(20)4/h6-7,9-10,15,19,21-24,33H,1-2,8,11-14,16H2,3-5H3/t19?,21-,22-,23-,24?,28?/m0/s1. The molecule has 9 heteroatoms. The molecule has 200 valence electrons.